The zero-order valence-corrected chi connectivity index (χ0v) is 14.0. The highest BCUT2D eigenvalue weighted by atomic mass is 16.5. The van der Waals surface area contributed by atoms with E-state index < -0.39 is 0 Å². The molecule has 0 heterocycles. The molecule has 2 rings (SSSR count). The molecule has 2 saturated carbocycles. The van der Waals surface area contributed by atoms with Crippen molar-refractivity contribution in [1.82, 2.24) is 0 Å². The van der Waals surface area contributed by atoms with Gasteiger partial charge in [-0.3, -0.25) is 4.79 Å². The van der Waals surface area contributed by atoms with E-state index in [1.165, 1.54) is 64.2 Å². The fourth-order valence-corrected chi connectivity index (χ4v) is 4.26. The Bertz CT molecular complexity index is 342. The third kappa shape index (κ3) is 4.18. The van der Waals surface area contributed by atoms with Gasteiger partial charge in [0, 0.05) is 0 Å². The number of rotatable bonds is 6. The van der Waals surface area contributed by atoms with Crippen molar-refractivity contribution in [2.24, 2.45) is 11.8 Å². The van der Waals surface area contributed by atoms with E-state index in [1.807, 2.05) is 0 Å². The highest BCUT2D eigenvalue weighted by Gasteiger charge is 2.43. The molecule has 0 spiro atoms. The quantitative estimate of drug-likeness (QED) is 0.639. The van der Waals surface area contributed by atoms with Crippen molar-refractivity contribution < 1.29 is 9.53 Å². The normalized spacial score (nSPS) is 22.2. The van der Waals surface area contributed by atoms with Gasteiger partial charge in [0.15, 0.2) is 5.78 Å². The Hall–Kier alpha value is -0.630. The van der Waals surface area contributed by atoms with Crippen LogP contribution >= 0.6 is 0 Å². The van der Waals surface area contributed by atoms with Crippen molar-refractivity contribution in [3.05, 3.63) is 12.2 Å². The molecule has 0 saturated heterocycles. The van der Waals surface area contributed by atoms with E-state index in [-0.39, 0.29) is 18.0 Å². The fourth-order valence-electron chi connectivity index (χ4n) is 4.26. The third-order valence-electron chi connectivity index (χ3n) is 5.82. The Morgan fingerprint density at radius 1 is 1.00 bits per heavy atom. The zero-order valence-electron chi connectivity index (χ0n) is 14.0. The van der Waals surface area contributed by atoms with Crippen molar-refractivity contribution >= 4 is 5.78 Å². The molecule has 0 N–H and O–H groups in total. The lowest BCUT2D eigenvalue weighted by molar-refractivity contribution is -0.147. The van der Waals surface area contributed by atoms with Crippen LogP contribution in [0.5, 0.6) is 0 Å². The molecule has 2 aliphatic rings. The maximum atomic E-state index is 11.9. The van der Waals surface area contributed by atoms with Crippen LogP contribution in [-0.4, -0.2) is 18.0 Å². The number of ether oxygens (including phenoxy) is 1. The van der Waals surface area contributed by atoms with Gasteiger partial charge in [-0.05, 0) is 56.9 Å². The number of ketones is 1. The summed E-state index contributed by atoms with van der Waals surface area (Å²) in [6.07, 6.45) is 13.1. The minimum atomic E-state index is -0.105. The summed E-state index contributed by atoms with van der Waals surface area (Å²) >= 11 is 0. The van der Waals surface area contributed by atoms with Crippen LogP contribution in [-0.2, 0) is 9.53 Å². The zero-order chi connectivity index (χ0) is 15.3. The number of hydrogen-bond donors (Lipinski definition) is 0. The average molecular weight is 292 g/mol. The van der Waals surface area contributed by atoms with Gasteiger partial charge in [-0.2, -0.15) is 0 Å². The summed E-state index contributed by atoms with van der Waals surface area (Å²) in [6.45, 7) is 8.05. The van der Waals surface area contributed by atoms with Gasteiger partial charge >= 0.3 is 0 Å². The Morgan fingerprint density at radius 2 is 1.43 bits per heavy atom. The first-order valence-electron chi connectivity index (χ1n) is 8.86. The molecule has 2 nitrogen and oxygen atoms in total. The van der Waals surface area contributed by atoms with Gasteiger partial charge in [-0.1, -0.05) is 45.1 Å². The maximum Gasteiger partial charge on any atom is 0.183 e. The molecule has 0 unspecified atom stereocenters. The van der Waals surface area contributed by atoms with Crippen molar-refractivity contribution in [3.63, 3.8) is 0 Å². The molecule has 2 heteroatoms. The molecule has 0 bridgehead atoms. The average Bonchev–Trinajstić information content (AvgIpc) is 2.53. The first kappa shape index (κ1) is 16.7. The Labute approximate surface area is 130 Å². The predicted octanol–water partition coefficient (Wildman–Crippen LogP) is 5.07. The van der Waals surface area contributed by atoms with E-state index >= 15 is 0 Å². The minimum Gasteiger partial charge on any atom is -0.367 e. The van der Waals surface area contributed by atoms with Crippen LogP contribution in [0.3, 0.4) is 0 Å². The standard InChI is InChI=1S/C19H32O2/c1-15(2)18(20)14-21-19(3,16-10-6-4-7-11-16)17-12-8-5-9-13-17/h16-17H,1,4-14H2,2-3H3. The van der Waals surface area contributed by atoms with E-state index in [4.69, 9.17) is 4.74 Å². The Kier molecular flexibility index (Phi) is 6.04. The molecule has 0 radical (unpaired) electrons. The second-order valence-corrected chi connectivity index (χ2v) is 7.35. The topological polar surface area (TPSA) is 26.3 Å². The number of carbonyl (C=O) groups is 1. The third-order valence-corrected chi connectivity index (χ3v) is 5.82. The summed E-state index contributed by atoms with van der Waals surface area (Å²) in [5.74, 6) is 1.33. The van der Waals surface area contributed by atoms with E-state index in [9.17, 15) is 4.79 Å². The molecular weight excluding hydrogens is 260 g/mol. The van der Waals surface area contributed by atoms with Gasteiger partial charge in [0.1, 0.15) is 6.61 Å². The number of Topliss-reactive ketones (excluding diaryl/α,β-unsaturated/α-hetero) is 1. The highest BCUT2D eigenvalue weighted by molar-refractivity contribution is 5.95. The van der Waals surface area contributed by atoms with Crippen molar-refractivity contribution in [2.75, 3.05) is 6.61 Å². The first-order valence-corrected chi connectivity index (χ1v) is 8.86. The lowest BCUT2D eigenvalue weighted by atomic mass is 9.67. The Morgan fingerprint density at radius 3 is 1.81 bits per heavy atom. The molecule has 0 aromatic rings. The number of carbonyl (C=O) groups excluding carboxylic acids is 1. The molecule has 0 aromatic heterocycles. The summed E-state index contributed by atoms with van der Waals surface area (Å²) in [7, 11) is 0. The van der Waals surface area contributed by atoms with E-state index in [0.29, 0.717) is 17.4 Å². The largest absolute Gasteiger partial charge is 0.367 e. The molecule has 0 aliphatic heterocycles. The van der Waals surface area contributed by atoms with Gasteiger partial charge in [-0.25, -0.2) is 0 Å². The van der Waals surface area contributed by atoms with Crippen LogP contribution in [0.4, 0.5) is 0 Å². The van der Waals surface area contributed by atoms with Gasteiger partial charge in [0.05, 0.1) is 5.60 Å². The van der Waals surface area contributed by atoms with Crippen LogP contribution in [0.15, 0.2) is 12.2 Å². The van der Waals surface area contributed by atoms with Gasteiger partial charge < -0.3 is 4.74 Å². The second kappa shape index (κ2) is 7.58. The molecule has 0 atom stereocenters. The predicted molar refractivity (Wildman–Crippen MR) is 87.3 cm³/mol. The molecule has 0 aromatic carbocycles. The summed E-state index contributed by atoms with van der Waals surface area (Å²) in [4.78, 5) is 11.9. The number of hydrogen-bond acceptors (Lipinski definition) is 2. The lowest BCUT2D eigenvalue weighted by Gasteiger charge is -2.46. The van der Waals surface area contributed by atoms with Crippen LogP contribution in [0.2, 0.25) is 0 Å². The fraction of sp³-hybridized carbons (Fsp3) is 0.842. The summed E-state index contributed by atoms with van der Waals surface area (Å²) in [5, 5.41) is 0. The smallest absolute Gasteiger partial charge is 0.183 e. The van der Waals surface area contributed by atoms with Crippen LogP contribution in [0.25, 0.3) is 0 Å². The summed E-state index contributed by atoms with van der Waals surface area (Å²) < 4.78 is 6.32. The lowest BCUT2D eigenvalue weighted by Crippen LogP contribution is -2.47. The van der Waals surface area contributed by atoms with Gasteiger partial charge in [-0.15, -0.1) is 0 Å². The molecule has 2 aliphatic carbocycles. The van der Waals surface area contributed by atoms with Gasteiger partial charge in [0.25, 0.3) is 0 Å². The molecule has 2 fully saturated rings. The van der Waals surface area contributed by atoms with E-state index in [2.05, 4.69) is 13.5 Å². The van der Waals surface area contributed by atoms with Crippen LogP contribution < -0.4 is 0 Å². The van der Waals surface area contributed by atoms with E-state index in [1.54, 1.807) is 6.92 Å². The van der Waals surface area contributed by atoms with Crippen LogP contribution in [0, 0.1) is 11.8 Å². The van der Waals surface area contributed by atoms with Crippen molar-refractivity contribution in [3.8, 4) is 0 Å². The maximum absolute atomic E-state index is 11.9. The summed E-state index contributed by atoms with van der Waals surface area (Å²) in [5.41, 5.74) is 0.510. The van der Waals surface area contributed by atoms with Crippen molar-refractivity contribution in [2.45, 2.75) is 83.7 Å². The monoisotopic (exact) mass is 292 g/mol. The highest BCUT2D eigenvalue weighted by Crippen LogP contribution is 2.44. The van der Waals surface area contributed by atoms with E-state index in [0.717, 1.165) is 0 Å². The minimum absolute atomic E-state index is 0.0628. The van der Waals surface area contributed by atoms with Crippen LogP contribution in [0.1, 0.15) is 78.1 Å². The second-order valence-electron chi connectivity index (χ2n) is 7.35. The molecular formula is C19H32O2. The Balaban J connectivity index is 2.07. The van der Waals surface area contributed by atoms with Crippen molar-refractivity contribution in [1.29, 1.82) is 0 Å². The van der Waals surface area contributed by atoms with Gasteiger partial charge in [0.2, 0.25) is 0 Å². The summed E-state index contributed by atoms with van der Waals surface area (Å²) in [6, 6.07) is 0. The first-order chi connectivity index (χ1) is 10.0. The SMILES string of the molecule is C=C(C)C(=O)COC(C)(C1CCCCC1)C1CCCCC1. The molecule has 21 heavy (non-hydrogen) atoms. The molecule has 0 amide bonds. The molecule has 120 valence electrons.